The van der Waals surface area contributed by atoms with E-state index < -0.39 is 0 Å². The first-order valence-corrected chi connectivity index (χ1v) is 10.2. The van der Waals surface area contributed by atoms with Gasteiger partial charge in [-0.15, -0.1) is 0 Å². The SMILES string of the molecule is CCNC(=NCc1ccc(F)c(COC)c1)NCCCN1CCCCCC1=O. The average molecular weight is 393 g/mol. The molecule has 2 N–H and O–H groups in total. The Labute approximate surface area is 167 Å². The summed E-state index contributed by atoms with van der Waals surface area (Å²) in [6, 6.07) is 4.99. The Hall–Kier alpha value is -2.15. The van der Waals surface area contributed by atoms with Gasteiger partial charge in [0.25, 0.3) is 0 Å². The molecule has 1 saturated heterocycles. The zero-order valence-corrected chi connectivity index (χ0v) is 17.1. The summed E-state index contributed by atoms with van der Waals surface area (Å²) < 4.78 is 18.7. The fourth-order valence-corrected chi connectivity index (χ4v) is 3.26. The molecule has 0 unspecified atom stereocenters. The normalized spacial score (nSPS) is 15.5. The molecule has 156 valence electrons. The summed E-state index contributed by atoms with van der Waals surface area (Å²) in [5.41, 5.74) is 1.47. The van der Waals surface area contributed by atoms with E-state index in [1.807, 2.05) is 11.8 Å². The van der Waals surface area contributed by atoms with E-state index in [1.54, 1.807) is 19.2 Å². The molecule has 1 amide bonds. The molecule has 0 saturated carbocycles. The number of hydrogen-bond acceptors (Lipinski definition) is 3. The topological polar surface area (TPSA) is 66.0 Å². The zero-order chi connectivity index (χ0) is 20.2. The van der Waals surface area contributed by atoms with Gasteiger partial charge in [0.15, 0.2) is 5.96 Å². The van der Waals surface area contributed by atoms with E-state index in [0.717, 1.165) is 63.4 Å². The predicted octanol–water partition coefficient (Wildman–Crippen LogP) is 2.82. The second kappa shape index (κ2) is 12.3. The van der Waals surface area contributed by atoms with E-state index in [9.17, 15) is 9.18 Å². The molecule has 28 heavy (non-hydrogen) atoms. The van der Waals surface area contributed by atoms with Crippen molar-refractivity contribution in [3.05, 3.63) is 35.1 Å². The molecule has 1 aliphatic rings. The second-order valence-electron chi connectivity index (χ2n) is 7.03. The molecule has 0 atom stereocenters. The third-order valence-electron chi connectivity index (χ3n) is 4.74. The van der Waals surface area contributed by atoms with Crippen LogP contribution >= 0.6 is 0 Å². The molecule has 1 aromatic rings. The lowest BCUT2D eigenvalue weighted by Crippen LogP contribution is -2.39. The Bertz CT molecular complexity index is 651. The molecule has 1 aliphatic heterocycles. The van der Waals surface area contributed by atoms with E-state index in [-0.39, 0.29) is 18.3 Å². The fourth-order valence-electron chi connectivity index (χ4n) is 3.26. The van der Waals surface area contributed by atoms with Crippen molar-refractivity contribution in [2.24, 2.45) is 4.99 Å². The van der Waals surface area contributed by atoms with Crippen molar-refractivity contribution in [1.82, 2.24) is 15.5 Å². The molecule has 1 fully saturated rings. The molecular formula is C21H33FN4O2. The van der Waals surface area contributed by atoms with Crippen LogP contribution in [0.25, 0.3) is 0 Å². The number of guanidine groups is 1. The minimum Gasteiger partial charge on any atom is -0.380 e. The van der Waals surface area contributed by atoms with Crippen LogP contribution < -0.4 is 10.6 Å². The van der Waals surface area contributed by atoms with Crippen LogP contribution in [-0.4, -0.2) is 50.1 Å². The van der Waals surface area contributed by atoms with Crippen LogP contribution in [0.2, 0.25) is 0 Å². The molecule has 0 aromatic heterocycles. The van der Waals surface area contributed by atoms with Crippen LogP contribution in [0.3, 0.4) is 0 Å². The first kappa shape index (κ1) is 22.1. The Kier molecular flexibility index (Phi) is 9.76. The maximum Gasteiger partial charge on any atom is 0.222 e. The smallest absolute Gasteiger partial charge is 0.222 e. The van der Waals surface area contributed by atoms with Gasteiger partial charge in [-0.05, 0) is 43.9 Å². The number of aliphatic imine (C=N–C) groups is 1. The minimum atomic E-state index is -0.261. The number of benzene rings is 1. The number of carbonyl (C=O) groups excluding carboxylic acids is 1. The van der Waals surface area contributed by atoms with Gasteiger partial charge in [0.2, 0.25) is 5.91 Å². The summed E-state index contributed by atoms with van der Waals surface area (Å²) in [6.45, 7) is 5.88. The highest BCUT2D eigenvalue weighted by Gasteiger charge is 2.15. The van der Waals surface area contributed by atoms with E-state index >= 15 is 0 Å². The summed E-state index contributed by atoms with van der Waals surface area (Å²) in [5, 5.41) is 6.54. The third-order valence-corrected chi connectivity index (χ3v) is 4.74. The van der Waals surface area contributed by atoms with Gasteiger partial charge in [-0.25, -0.2) is 9.38 Å². The van der Waals surface area contributed by atoms with Crippen LogP contribution in [0.15, 0.2) is 23.2 Å². The van der Waals surface area contributed by atoms with Gasteiger partial charge in [0.1, 0.15) is 5.82 Å². The lowest BCUT2D eigenvalue weighted by molar-refractivity contribution is -0.130. The number of nitrogens with zero attached hydrogens (tertiary/aromatic N) is 2. The van der Waals surface area contributed by atoms with Crippen molar-refractivity contribution >= 4 is 11.9 Å². The summed E-state index contributed by atoms with van der Waals surface area (Å²) in [6.07, 6.45) is 4.82. The van der Waals surface area contributed by atoms with Crippen molar-refractivity contribution in [1.29, 1.82) is 0 Å². The van der Waals surface area contributed by atoms with Crippen molar-refractivity contribution < 1.29 is 13.9 Å². The minimum absolute atomic E-state index is 0.247. The highest BCUT2D eigenvalue weighted by molar-refractivity contribution is 5.79. The van der Waals surface area contributed by atoms with Crippen LogP contribution in [0, 0.1) is 5.82 Å². The zero-order valence-electron chi connectivity index (χ0n) is 17.1. The number of hydrogen-bond donors (Lipinski definition) is 2. The monoisotopic (exact) mass is 392 g/mol. The number of ether oxygens (including phenoxy) is 1. The molecule has 1 heterocycles. The van der Waals surface area contributed by atoms with Gasteiger partial charge in [-0.1, -0.05) is 12.5 Å². The number of methoxy groups -OCH3 is 1. The molecule has 2 rings (SSSR count). The largest absolute Gasteiger partial charge is 0.380 e. The Morgan fingerprint density at radius 1 is 1.29 bits per heavy atom. The fraction of sp³-hybridized carbons (Fsp3) is 0.619. The Morgan fingerprint density at radius 2 is 2.14 bits per heavy atom. The predicted molar refractivity (Wildman–Crippen MR) is 110 cm³/mol. The molecule has 0 spiro atoms. The molecule has 0 radical (unpaired) electrons. The number of rotatable bonds is 9. The van der Waals surface area contributed by atoms with Gasteiger partial charge in [0, 0.05) is 45.3 Å². The Morgan fingerprint density at radius 3 is 2.93 bits per heavy atom. The van der Waals surface area contributed by atoms with E-state index in [1.165, 1.54) is 6.07 Å². The number of likely N-dealkylation sites (tertiary alicyclic amines) is 1. The molecule has 0 bridgehead atoms. The van der Waals surface area contributed by atoms with Crippen LogP contribution in [0.1, 0.15) is 50.2 Å². The molecule has 0 aliphatic carbocycles. The first-order valence-electron chi connectivity index (χ1n) is 10.2. The van der Waals surface area contributed by atoms with Crippen molar-refractivity contribution in [3.63, 3.8) is 0 Å². The standard InChI is InChI=1S/C21H33FN4O2/c1-3-23-21(24-11-7-13-26-12-6-4-5-8-20(26)27)25-15-17-9-10-19(22)18(14-17)16-28-2/h9-10,14H,3-8,11-13,15-16H2,1-2H3,(H2,23,24,25). The molecule has 7 heteroatoms. The van der Waals surface area contributed by atoms with Gasteiger partial charge >= 0.3 is 0 Å². The second-order valence-corrected chi connectivity index (χ2v) is 7.03. The number of carbonyl (C=O) groups is 1. The summed E-state index contributed by atoms with van der Waals surface area (Å²) >= 11 is 0. The van der Waals surface area contributed by atoms with Gasteiger partial charge in [0.05, 0.1) is 13.2 Å². The lowest BCUT2D eigenvalue weighted by atomic mass is 10.1. The van der Waals surface area contributed by atoms with Gasteiger partial charge in [-0.2, -0.15) is 0 Å². The van der Waals surface area contributed by atoms with Crippen molar-refractivity contribution in [2.45, 2.75) is 52.2 Å². The summed E-state index contributed by atoms with van der Waals surface area (Å²) in [7, 11) is 1.55. The maximum atomic E-state index is 13.7. The van der Waals surface area contributed by atoms with Crippen LogP contribution in [0.4, 0.5) is 4.39 Å². The number of nitrogens with one attached hydrogen (secondary N) is 2. The lowest BCUT2D eigenvalue weighted by Gasteiger charge is -2.20. The van der Waals surface area contributed by atoms with Crippen LogP contribution in [0.5, 0.6) is 0 Å². The molecule has 1 aromatic carbocycles. The van der Waals surface area contributed by atoms with E-state index in [2.05, 4.69) is 15.6 Å². The first-order chi connectivity index (χ1) is 13.6. The van der Waals surface area contributed by atoms with E-state index in [0.29, 0.717) is 18.5 Å². The van der Waals surface area contributed by atoms with Gasteiger partial charge < -0.3 is 20.3 Å². The number of halogens is 1. The summed E-state index contributed by atoms with van der Waals surface area (Å²) in [5.74, 6) is 0.742. The average Bonchev–Trinajstić information content (AvgIpc) is 2.89. The summed E-state index contributed by atoms with van der Waals surface area (Å²) in [4.78, 5) is 18.6. The van der Waals surface area contributed by atoms with Crippen molar-refractivity contribution in [2.75, 3.05) is 33.3 Å². The maximum absolute atomic E-state index is 13.7. The number of amides is 1. The quantitative estimate of drug-likeness (QED) is 0.385. The van der Waals surface area contributed by atoms with Gasteiger partial charge in [-0.3, -0.25) is 4.79 Å². The molecular weight excluding hydrogens is 359 g/mol. The van der Waals surface area contributed by atoms with Crippen LogP contribution in [-0.2, 0) is 22.7 Å². The van der Waals surface area contributed by atoms with E-state index in [4.69, 9.17) is 4.74 Å². The highest BCUT2D eigenvalue weighted by Crippen LogP contribution is 2.13. The Balaban J connectivity index is 1.83. The molecule has 6 nitrogen and oxygen atoms in total. The highest BCUT2D eigenvalue weighted by atomic mass is 19.1. The van der Waals surface area contributed by atoms with Crippen molar-refractivity contribution in [3.8, 4) is 0 Å². The third kappa shape index (κ3) is 7.46.